The molecule has 0 fully saturated rings. The number of benzene rings is 2. The van der Waals surface area contributed by atoms with Crippen LogP contribution >= 0.6 is 0 Å². The first-order chi connectivity index (χ1) is 14.3. The van der Waals surface area contributed by atoms with Crippen LogP contribution in [0.4, 0.5) is 24.7 Å². The van der Waals surface area contributed by atoms with Crippen molar-refractivity contribution < 1.29 is 27.5 Å². The highest BCUT2D eigenvalue weighted by Gasteiger charge is 2.34. The van der Waals surface area contributed by atoms with E-state index in [9.17, 15) is 22.8 Å². The van der Waals surface area contributed by atoms with E-state index in [-0.39, 0.29) is 18.0 Å². The van der Waals surface area contributed by atoms with E-state index in [1.165, 1.54) is 16.8 Å². The summed E-state index contributed by atoms with van der Waals surface area (Å²) >= 11 is 0. The van der Waals surface area contributed by atoms with Gasteiger partial charge < -0.3 is 15.4 Å². The van der Waals surface area contributed by atoms with Crippen LogP contribution in [-0.2, 0) is 9.59 Å². The van der Waals surface area contributed by atoms with Crippen LogP contribution in [0.25, 0.3) is 11.1 Å². The van der Waals surface area contributed by atoms with Crippen LogP contribution in [-0.4, -0.2) is 28.0 Å². The molecule has 4 rings (SSSR count). The lowest BCUT2D eigenvalue weighted by atomic mass is 10.1. The topological polar surface area (TPSA) is 85.2 Å². The molecule has 0 radical (unpaired) electrons. The van der Waals surface area contributed by atoms with Gasteiger partial charge in [0.25, 0.3) is 0 Å². The summed E-state index contributed by atoms with van der Waals surface area (Å²) in [6, 6.07) is 13.2. The van der Waals surface area contributed by atoms with Crippen molar-refractivity contribution in [3.8, 4) is 16.9 Å². The van der Waals surface area contributed by atoms with Gasteiger partial charge in [-0.25, -0.2) is 4.68 Å². The van der Waals surface area contributed by atoms with Crippen LogP contribution in [0.2, 0.25) is 0 Å². The van der Waals surface area contributed by atoms with Gasteiger partial charge in [0.2, 0.25) is 11.8 Å². The monoisotopic (exact) mass is 416 g/mol. The van der Waals surface area contributed by atoms with Crippen molar-refractivity contribution in [2.24, 2.45) is 0 Å². The van der Waals surface area contributed by atoms with E-state index in [0.717, 1.165) is 17.7 Å². The molecule has 0 bridgehead atoms. The van der Waals surface area contributed by atoms with Gasteiger partial charge in [0, 0.05) is 17.3 Å². The van der Waals surface area contributed by atoms with Crippen molar-refractivity contribution in [2.75, 3.05) is 10.6 Å². The average Bonchev–Trinajstić information content (AvgIpc) is 3.10. The van der Waals surface area contributed by atoms with E-state index in [1.807, 2.05) is 30.3 Å². The number of amides is 2. The number of rotatable bonds is 4. The van der Waals surface area contributed by atoms with Crippen molar-refractivity contribution >= 4 is 23.3 Å². The molecule has 0 saturated heterocycles. The van der Waals surface area contributed by atoms with Crippen molar-refractivity contribution in [1.29, 1.82) is 0 Å². The van der Waals surface area contributed by atoms with E-state index < -0.39 is 24.1 Å². The summed E-state index contributed by atoms with van der Waals surface area (Å²) in [7, 11) is 0. The summed E-state index contributed by atoms with van der Waals surface area (Å²) in [6.45, 7) is 0. The van der Waals surface area contributed by atoms with E-state index >= 15 is 0 Å². The van der Waals surface area contributed by atoms with E-state index in [1.54, 1.807) is 6.20 Å². The highest BCUT2D eigenvalue weighted by Crippen LogP contribution is 2.34. The number of hydrogen-bond acceptors (Lipinski definition) is 4. The molecular weight excluding hydrogens is 401 g/mol. The molecule has 7 nitrogen and oxygen atoms in total. The number of fused-ring (bicyclic) bond motifs is 1. The number of nitrogens with one attached hydrogen (secondary N) is 2. The Balaban J connectivity index is 1.59. The van der Waals surface area contributed by atoms with Crippen molar-refractivity contribution in [2.45, 2.75) is 18.8 Å². The Kier molecular flexibility index (Phi) is 4.90. The van der Waals surface area contributed by atoms with Gasteiger partial charge in [0.15, 0.2) is 0 Å². The fraction of sp³-hybridized carbons (Fsp3) is 0.150. The summed E-state index contributed by atoms with van der Waals surface area (Å²) in [5.41, 5.74) is 1.57. The maximum atomic E-state index is 12.8. The van der Waals surface area contributed by atoms with Crippen LogP contribution in [0.5, 0.6) is 5.75 Å². The zero-order valence-electron chi connectivity index (χ0n) is 15.3. The zero-order valence-corrected chi connectivity index (χ0v) is 15.3. The van der Waals surface area contributed by atoms with Gasteiger partial charge >= 0.3 is 6.36 Å². The van der Waals surface area contributed by atoms with Crippen LogP contribution in [0.15, 0.2) is 60.8 Å². The Hall–Kier alpha value is -3.82. The molecule has 1 aliphatic heterocycles. The highest BCUT2D eigenvalue weighted by atomic mass is 19.4. The second kappa shape index (κ2) is 7.54. The Morgan fingerprint density at radius 3 is 2.67 bits per heavy atom. The van der Waals surface area contributed by atoms with Crippen LogP contribution in [0.3, 0.4) is 0 Å². The van der Waals surface area contributed by atoms with Crippen LogP contribution in [0.1, 0.15) is 12.5 Å². The number of carbonyl (C=O) groups is 2. The quantitative estimate of drug-likeness (QED) is 0.674. The smallest absolute Gasteiger partial charge is 0.406 e. The van der Waals surface area contributed by atoms with E-state index in [2.05, 4.69) is 20.5 Å². The minimum Gasteiger partial charge on any atom is -0.406 e. The fourth-order valence-electron chi connectivity index (χ4n) is 3.20. The number of hydrogen-bond donors (Lipinski definition) is 2. The second-order valence-electron chi connectivity index (χ2n) is 6.55. The number of halogens is 3. The standard InChI is InChI=1S/C20H15F3N4O3/c21-20(22,23)30-14-8-4-7-13(9-14)25-19(29)16-10-17(28)26-18-15(11-24-27(16)18)12-5-2-1-3-6-12/h1-9,11,16H,10H2,(H,25,29)(H,26,28). The number of carbonyl (C=O) groups excluding carboxylic acids is 2. The predicted molar refractivity (Wildman–Crippen MR) is 102 cm³/mol. The van der Waals surface area contributed by atoms with Gasteiger partial charge in [-0.1, -0.05) is 36.4 Å². The normalized spacial score (nSPS) is 15.8. The predicted octanol–water partition coefficient (Wildman–Crippen LogP) is 3.97. The third kappa shape index (κ3) is 4.12. The third-order valence-corrected chi connectivity index (χ3v) is 4.45. The van der Waals surface area contributed by atoms with Crippen molar-refractivity contribution in [3.63, 3.8) is 0 Å². The fourth-order valence-corrected chi connectivity index (χ4v) is 3.20. The molecule has 154 valence electrons. The first-order valence-electron chi connectivity index (χ1n) is 8.89. The summed E-state index contributed by atoms with van der Waals surface area (Å²) < 4.78 is 42.5. The van der Waals surface area contributed by atoms with E-state index in [0.29, 0.717) is 11.4 Å². The maximum Gasteiger partial charge on any atom is 0.573 e. The Morgan fingerprint density at radius 1 is 1.17 bits per heavy atom. The SMILES string of the molecule is O=C1CC(C(=O)Nc2cccc(OC(F)(F)F)c2)n2ncc(-c3ccccc3)c2N1. The number of ether oxygens (including phenoxy) is 1. The number of alkyl halides is 3. The molecule has 0 aliphatic carbocycles. The molecular formula is C20H15F3N4O3. The molecule has 1 unspecified atom stereocenters. The average molecular weight is 416 g/mol. The Morgan fingerprint density at radius 2 is 1.93 bits per heavy atom. The van der Waals surface area contributed by atoms with Gasteiger partial charge in [-0.2, -0.15) is 5.10 Å². The van der Waals surface area contributed by atoms with Crippen molar-refractivity contribution in [1.82, 2.24) is 9.78 Å². The van der Waals surface area contributed by atoms with Gasteiger partial charge in [0.05, 0.1) is 12.6 Å². The molecule has 30 heavy (non-hydrogen) atoms. The molecule has 2 amide bonds. The second-order valence-corrected chi connectivity index (χ2v) is 6.55. The van der Waals surface area contributed by atoms with Gasteiger partial charge in [0.1, 0.15) is 17.6 Å². The highest BCUT2D eigenvalue weighted by molar-refractivity contribution is 6.03. The van der Waals surface area contributed by atoms with Gasteiger partial charge in [-0.05, 0) is 17.7 Å². The summed E-state index contributed by atoms with van der Waals surface area (Å²) in [4.78, 5) is 25.0. The van der Waals surface area contributed by atoms with E-state index in [4.69, 9.17) is 0 Å². The minimum absolute atomic E-state index is 0.102. The molecule has 1 aromatic heterocycles. The lowest BCUT2D eigenvalue weighted by Gasteiger charge is -2.24. The molecule has 2 aromatic carbocycles. The zero-order chi connectivity index (χ0) is 21.3. The van der Waals surface area contributed by atoms with Crippen LogP contribution < -0.4 is 15.4 Å². The molecule has 2 heterocycles. The Labute approximate surface area is 168 Å². The summed E-state index contributed by atoms with van der Waals surface area (Å²) in [6.07, 6.45) is -3.45. The summed E-state index contributed by atoms with van der Waals surface area (Å²) in [5.74, 6) is -1.04. The first kappa shape index (κ1) is 19.5. The third-order valence-electron chi connectivity index (χ3n) is 4.45. The molecule has 2 N–H and O–H groups in total. The molecule has 3 aromatic rings. The summed E-state index contributed by atoms with van der Waals surface area (Å²) in [5, 5.41) is 9.49. The lowest BCUT2D eigenvalue weighted by molar-refractivity contribution is -0.274. The largest absolute Gasteiger partial charge is 0.573 e. The minimum atomic E-state index is -4.85. The molecule has 10 heteroatoms. The molecule has 1 aliphatic rings. The van der Waals surface area contributed by atoms with Crippen LogP contribution in [0, 0.1) is 0 Å². The molecule has 1 atom stereocenters. The molecule has 0 saturated carbocycles. The number of anilines is 2. The number of aromatic nitrogens is 2. The number of nitrogens with zero attached hydrogens (tertiary/aromatic N) is 2. The van der Waals surface area contributed by atoms with Gasteiger partial charge in [-0.15, -0.1) is 13.2 Å². The first-order valence-corrected chi connectivity index (χ1v) is 8.89. The van der Waals surface area contributed by atoms with Gasteiger partial charge in [-0.3, -0.25) is 9.59 Å². The Bertz CT molecular complexity index is 1100. The molecule has 0 spiro atoms. The maximum absolute atomic E-state index is 12.8. The lowest BCUT2D eigenvalue weighted by Crippen LogP contribution is -2.35. The van der Waals surface area contributed by atoms with Crippen molar-refractivity contribution in [3.05, 3.63) is 60.8 Å².